The van der Waals surface area contributed by atoms with Crippen molar-refractivity contribution in [3.63, 3.8) is 0 Å². The van der Waals surface area contributed by atoms with Crippen LogP contribution in [0.3, 0.4) is 0 Å². The third kappa shape index (κ3) is 4.45. The number of aryl methyl sites for hydroxylation is 2. The number of nitrogens with one attached hydrogen (secondary N) is 1. The molecule has 2 aromatic carbocycles. The average Bonchev–Trinajstić information content (AvgIpc) is 2.67. The molecule has 0 radical (unpaired) electrons. The number of sulfonamides is 1. The van der Waals surface area contributed by atoms with E-state index in [9.17, 15) is 8.42 Å². The second-order valence-corrected chi connectivity index (χ2v) is 8.54. The van der Waals surface area contributed by atoms with Crippen molar-refractivity contribution in [2.45, 2.75) is 50.5 Å². The maximum absolute atomic E-state index is 12.9. The van der Waals surface area contributed by atoms with E-state index < -0.39 is 16.1 Å². The molecule has 0 aliphatic heterocycles. The van der Waals surface area contributed by atoms with Crippen molar-refractivity contribution in [3.05, 3.63) is 53.1 Å². The summed E-state index contributed by atoms with van der Waals surface area (Å²) in [6, 6.07) is 10.6. The van der Waals surface area contributed by atoms with Crippen molar-refractivity contribution in [2.75, 3.05) is 13.7 Å². The van der Waals surface area contributed by atoms with E-state index in [2.05, 4.69) is 4.72 Å². The van der Waals surface area contributed by atoms with Gasteiger partial charge in [0.25, 0.3) is 0 Å². The molecule has 0 aromatic heterocycles. The Bertz CT molecular complexity index is 908. The van der Waals surface area contributed by atoms with E-state index in [1.165, 1.54) is 12.0 Å². The Morgan fingerprint density at radius 3 is 2.48 bits per heavy atom. The van der Waals surface area contributed by atoms with Gasteiger partial charge in [0.05, 0.1) is 18.6 Å². The molecule has 1 aliphatic carbocycles. The zero-order valence-electron chi connectivity index (χ0n) is 16.1. The normalized spacial score (nSPS) is 15.1. The monoisotopic (exact) mass is 389 g/mol. The van der Waals surface area contributed by atoms with Gasteiger partial charge in [-0.1, -0.05) is 12.1 Å². The molecule has 27 heavy (non-hydrogen) atoms. The molecule has 1 aliphatic rings. The van der Waals surface area contributed by atoms with E-state index in [1.54, 1.807) is 19.2 Å². The summed E-state index contributed by atoms with van der Waals surface area (Å²) in [6.45, 7) is 4.27. The van der Waals surface area contributed by atoms with E-state index in [0.717, 1.165) is 30.4 Å². The quantitative estimate of drug-likeness (QED) is 0.777. The lowest BCUT2D eigenvalue weighted by molar-refractivity contribution is 0.310. The Kier molecular flexibility index (Phi) is 6.07. The number of hydrogen-bond acceptors (Lipinski definition) is 4. The molecule has 6 heteroatoms. The minimum atomic E-state index is -3.60. The highest BCUT2D eigenvalue weighted by molar-refractivity contribution is 7.89. The summed E-state index contributed by atoms with van der Waals surface area (Å²) in [5.41, 5.74) is 3.24. The Hall–Kier alpha value is -2.05. The first-order valence-corrected chi connectivity index (χ1v) is 10.9. The standard InChI is InChI=1S/C21H27NO4S/c1-4-26-20-12-10-17(14-21(20)25-3)15(2)22-27(23,24)19-11-9-16-7-5-6-8-18(16)13-19/h9-15,22H,4-8H2,1-3H3. The summed E-state index contributed by atoms with van der Waals surface area (Å²) in [6.07, 6.45) is 4.27. The molecule has 0 spiro atoms. The minimum Gasteiger partial charge on any atom is -0.493 e. The Morgan fingerprint density at radius 1 is 1.04 bits per heavy atom. The molecule has 0 heterocycles. The molecule has 1 N–H and O–H groups in total. The molecule has 1 atom stereocenters. The largest absolute Gasteiger partial charge is 0.493 e. The summed E-state index contributed by atoms with van der Waals surface area (Å²) in [5.74, 6) is 1.24. The van der Waals surface area contributed by atoms with Gasteiger partial charge in [-0.2, -0.15) is 0 Å². The van der Waals surface area contributed by atoms with Gasteiger partial charge < -0.3 is 9.47 Å². The second kappa shape index (κ2) is 8.31. The number of rotatable bonds is 7. The predicted molar refractivity (Wildman–Crippen MR) is 106 cm³/mol. The molecule has 146 valence electrons. The van der Waals surface area contributed by atoms with Crippen LogP contribution in [0.25, 0.3) is 0 Å². The topological polar surface area (TPSA) is 64.6 Å². The van der Waals surface area contributed by atoms with Crippen molar-refractivity contribution in [2.24, 2.45) is 0 Å². The Labute approximate surface area is 161 Å². The van der Waals surface area contributed by atoms with Crippen LogP contribution in [0.1, 0.15) is 49.4 Å². The van der Waals surface area contributed by atoms with Crippen LogP contribution in [0.5, 0.6) is 11.5 Å². The van der Waals surface area contributed by atoms with Crippen molar-refractivity contribution in [1.82, 2.24) is 4.72 Å². The number of benzene rings is 2. The van der Waals surface area contributed by atoms with Gasteiger partial charge in [-0.15, -0.1) is 0 Å². The number of ether oxygens (including phenoxy) is 2. The molecular weight excluding hydrogens is 362 g/mol. The van der Waals surface area contributed by atoms with Crippen molar-refractivity contribution >= 4 is 10.0 Å². The predicted octanol–water partition coefficient (Wildman–Crippen LogP) is 4.01. The van der Waals surface area contributed by atoms with Gasteiger partial charge in [-0.05, 0) is 80.5 Å². The SMILES string of the molecule is CCOc1ccc(C(C)NS(=O)(=O)c2ccc3c(c2)CCCC3)cc1OC. The lowest BCUT2D eigenvalue weighted by Gasteiger charge is -2.19. The fourth-order valence-corrected chi connectivity index (χ4v) is 4.76. The maximum atomic E-state index is 12.9. The fraction of sp³-hybridized carbons (Fsp3) is 0.429. The smallest absolute Gasteiger partial charge is 0.241 e. The van der Waals surface area contributed by atoms with E-state index in [-0.39, 0.29) is 0 Å². The summed E-state index contributed by atoms with van der Waals surface area (Å²) < 4.78 is 39.4. The Morgan fingerprint density at radius 2 is 1.78 bits per heavy atom. The molecule has 1 unspecified atom stereocenters. The van der Waals surface area contributed by atoms with Gasteiger partial charge >= 0.3 is 0 Å². The molecule has 0 amide bonds. The zero-order chi connectivity index (χ0) is 19.4. The average molecular weight is 390 g/mol. The molecule has 0 saturated heterocycles. The molecule has 5 nitrogen and oxygen atoms in total. The van der Waals surface area contributed by atoms with Crippen molar-refractivity contribution in [3.8, 4) is 11.5 Å². The zero-order valence-corrected chi connectivity index (χ0v) is 16.9. The molecule has 0 saturated carbocycles. The summed E-state index contributed by atoms with van der Waals surface area (Å²) in [4.78, 5) is 0.327. The molecular formula is C21H27NO4S. The van der Waals surface area contributed by atoms with Crippen LogP contribution < -0.4 is 14.2 Å². The second-order valence-electron chi connectivity index (χ2n) is 6.82. The Balaban J connectivity index is 1.81. The van der Waals surface area contributed by atoms with Crippen LogP contribution in [-0.2, 0) is 22.9 Å². The minimum absolute atomic E-state index is 0.327. The van der Waals surface area contributed by atoms with Gasteiger partial charge in [0, 0.05) is 6.04 Å². The van der Waals surface area contributed by atoms with Gasteiger partial charge in [0.2, 0.25) is 10.0 Å². The first-order chi connectivity index (χ1) is 12.9. The lowest BCUT2D eigenvalue weighted by Crippen LogP contribution is -2.27. The third-order valence-corrected chi connectivity index (χ3v) is 6.49. The third-order valence-electron chi connectivity index (χ3n) is 4.95. The number of methoxy groups -OCH3 is 1. The highest BCUT2D eigenvalue weighted by Crippen LogP contribution is 2.31. The van der Waals surface area contributed by atoms with E-state index in [0.29, 0.717) is 23.0 Å². The maximum Gasteiger partial charge on any atom is 0.241 e. The number of fused-ring (bicyclic) bond motifs is 1. The van der Waals surface area contributed by atoms with Crippen LogP contribution in [-0.4, -0.2) is 22.1 Å². The summed E-state index contributed by atoms with van der Waals surface area (Å²) >= 11 is 0. The van der Waals surface area contributed by atoms with Crippen LogP contribution >= 0.6 is 0 Å². The molecule has 0 fully saturated rings. The highest BCUT2D eigenvalue weighted by atomic mass is 32.2. The summed E-state index contributed by atoms with van der Waals surface area (Å²) in [5, 5.41) is 0. The van der Waals surface area contributed by atoms with Crippen LogP contribution in [0.2, 0.25) is 0 Å². The molecule has 3 rings (SSSR count). The van der Waals surface area contributed by atoms with Gasteiger partial charge in [0.1, 0.15) is 0 Å². The van der Waals surface area contributed by atoms with Crippen LogP contribution in [0.4, 0.5) is 0 Å². The van der Waals surface area contributed by atoms with Crippen LogP contribution in [0.15, 0.2) is 41.3 Å². The fourth-order valence-electron chi connectivity index (χ4n) is 3.47. The van der Waals surface area contributed by atoms with E-state index >= 15 is 0 Å². The number of hydrogen-bond donors (Lipinski definition) is 1. The first kappa shape index (κ1) is 19.7. The van der Waals surface area contributed by atoms with Gasteiger partial charge in [-0.3, -0.25) is 0 Å². The molecule has 2 aromatic rings. The van der Waals surface area contributed by atoms with E-state index in [4.69, 9.17) is 9.47 Å². The van der Waals surface area contributed by atoms with E-state index in [1.807, 2.05) is 38.1 Å². The lowest BCUT2D eigenvalue weighted by atomic mass is 9.92. The van der Waals surface area contributed by atoms with Crippen molar-refractivity contribution < 1.29 is 17.9 Å². The highest BCUT2D eigenvalue weighted by Gasteiger charge is 2.21. The van der Waals surface area contributed by atoms with Crippen molar-refractivity contribution in [1.29, 1.82) is 0 Å². The summed E-state index contributed by atoms with van der Waals surface area (Å²) in [7, 11) is -2.03. The van der Waals surface area contributed by atoms with Gasteiger partial charge in [-0.25, -0.2) is 13.1 Å². The van der Waals surface area contributed by atoms with Crippen LogP contribution in [0, 0.1) is 0 Å². The van der Waals surface area contributed by atoms with Gasteiger partial charge in [0.15, 0.2) is 11.5 Å². The first-order valence-electron chi connectivity index (χ1n) is 9.39. The molecule has 0 bridgehead atoms.